The van der Waals surface area contributed by atoms with Crippen LogP contribution in [0, 0.1) is 0 Å². The Morgan fingerprint density at radius 3 is 2.82 bits per heavy atom. The van der Waals surface area contributed by atoms with Crippen LogP contribution in [0.5, 0.6) is 0 Å². The fraction of sp³-hybridized carbons (Fsp3) is 0.625. The van der Waals surface area contributed by atoms with Crippen LogP contribution in [0.2, 0.25) is 0 Å². The number of unbranched alkanes of at least 4 members (excludes halogenated alkanes) is 1. The van der Waals surface area contributed by atoms with Crippen molar-refractivity contribution < 1.29 is 9.90 Å². The number of aliphatic carboxylic acids is 1. The van der Waals surface area contributed by atoms with E-state index in [0.717, 1.165) is 12.8 Å². The van der Waals surface area contributed by atoms with Gasteiger partial charge >= 0.3 is 0 Å². The van der Waals surface area contributed by atoms with Crippen LogP contribution in [0.15, 0.2) is 12.0 Å². The Balaban J connectivity index is 3.69. The second-order valence-corrected chi connectivity index (χ2v) is 3.43. The van der Waals surface area contributed by atoms with Gasteiger partial charge in [-0.3, -0.25) is 0 Å². The molecule has 1 atom stereocenters. The summed E-state index contributed by atoms with van der Waals surface area (Å²) < 4.78 is 0. The van der Waals surface area contributed by atoms with E-state index in [1.54, 1.807) is 5.41 Å². The van der Waals surface area contributed by atoms with Crippen LogP contribution >= 0.6 is 11.8 Å². The lowest BCUT2D eigenvalue weighted by molar-refractivity contribution is -0.304. The summed E-state index contributed by atoms with van der Waals surface area (Å²) in [5.74, 6) is -0.983. The van der Waals surface area contributed by atoms with Gasteiger partial charge in [0, 0.05) is 5.25 Å². The Bertz CT molecular complexity index is 134. The fourth-order valence-electron chi connectivity index (χ4n) is 0.747. The van der Waals surface area contributed by atoms with Crippen molar-refractivity contribution in [3.63, 3.8) is 0 Å². The maximum atomic E-state index is 10.4. The van der Waals surface area contributed by atoms with Crippen molar-refractivity contribution in [1.82, 2.24) is 0 Å². The molecule has 0 amide bonds. The van der Waals surface area contributed by atoms with Gasteiger partial charge in [-0.2, -0.15) is 0 Å². The molecule has 0 heterocycles. The number of rotatable bonds is 6. The van der Waals surface area contributed by atoms with Gasteiger partial charge in [-0.05, 0) is 11.8 Å². The molecule has 0 radical (unpaired) electrons. The first-order chi connectivity index (χ1) is 5.22. The monoisotopic (exact) mass is 173 g/mol. The third-order valence-electron chi connectivity index (χ3n) is 1.34. The molecule has 0 rings (SSSR count). The molecule has 0 aliphatic heterocycles. The standard InChI is InChI=1S/C8H14O2S/c1-3-5-6-7(8(9)10)11-4-2/h4,7H,2-3,5-6H2,1H3,(H,9,10)/p-1. The molecule has 0 bridgehead atoms. The first-order valence-corrected chi connectivity index (χ1v) is 4.63. The lowest BCUT2D eigenvalue weighted by Gasteiger charge is -2.14. The second-order valence-electron chi connectivity index (χ2n) is 2.25. The normalized spacial score (nSPS) is 12.5. The molecule has 64 valence electrons. The van der Waals surface area contributed by atoms with E-state index in [4.69, 9.17) is 0 Å². The number of thioether (sulfide) groups is 1. The smallest absolute Gasteiger partial charge is 0.0548 e. The topological polar surface area (TPSA) is 40.1 Å². The van der Waals surface area contributed by atoms with Gasteiger partial charge in [-0.15, -0.1) is 11.8 Å². The summed E-state index contributed by atoms with van der Waals surface area (Å²) in [5, 5.41) is 11.6. The molecule has 0 N–H and O–H groups in total. The zero-order valence-electron chi connectivity index (χ0n) is 6.71. The molecule has 3 heteroatoms. The van der Waals surface area contributed by atoms with E-state index in [0.29, 0.717) is 6.42 Å². The highest BCUT2D eigenvalue weighted by Gasteiger charge is 2.06. The van der Waals surface area contributed by atoms with Crippen LogP contribution < -0.4 is 5.11 Å². The summed E-state index contributed by atoms with van der Waals surface area (Å²) in [5.41, 5.74) is 0. The van der Waals surface area contributed by atoms with Crippen molar-refractivity contribution >= 4 is 17.7 Å². The van der Waals surface area contributed by atoms with Gasteiger partial charge in [0.2, 0.25) is 0 Å². The lowest BCUT2D eigenvalue weighted by atomic mass is 10.2. The summed E-state index contributed by atoms with van der Waals surface area (Å²) in [6.45, 7) is 5.50. The molecule has 0 aromatic rings. The van der Waals surface area contributed by atoms with E-state index in [1.807, 2.05) is 6.92 Å². The molecule has 0 aromatic heterocycles. The molecule has 0 aliphatic rings. The largest absolute Gasteiger partial charge is 0.549 e. The Morgan fingerprint density at radius 1 is 1.82 bits per heavy atom. The SMILES string of the molecule is C=CSC(CCCC)C(=O)[O-]. The molecule has 2 nitrogen and oxygen atoms in total. The molecule has 0 saturated heterocycles. The number of hydrogen-bond donors (Lipinski definition) is 0. The Morgan fingerprint density at radius 2 is 2.45 bits per heavy atom. The number of carbonyl (C=O) groups excluding carboxylic acids is 1. The molecular formula is C8H13O2S-. The molecular weight excluding hydrogens is 160 g/mol. The highest BCUT2D eigenvalue weighted by atomic mass is 32.2. The van der Waals surface area contributed by atoms with Gasteiger partial charge in [-0.25, -0.2) is 0 Å². The molecule has 0 aliphatic carbocycles. The van der Waals surface area contributed by atoms with E-state index in [-0.39, 0.29) is 0 Å². The molecule has 0 aromatic carbocycles. The Kier molecular flexibility index (Phi) is 6.03. The van der Waals surface area contributed by atoms with Crippen molar-refractivity contribution in [3.8, 4) is 0 Å². The van der Waals surface area contributed by atoms with Crippen LogP contribution in [0.25, 0.3) is 0 Å². The molecule has 0 fully saturated rings. The lowest BCUT2D eigenvalue weighted by Crippen LogP contribution is -2.33. The number of carbonyl (C=O) groups is 1. The van der Waals surface area contributed by atoms with Crippen molar-refractivity contribution in [2.24, 2.45) is 0 Å². The maximum Gasteiger partial charge on any atom is 0.0548 e. The minimum absolute atomic E-state index is 0.410. The Hall–Kier alpha value is -0.440. The second kappa shape index (κ2) is 6.28. The van der Waals surface area contributed by atoms with Crippen molar-refractivity contribution in [1.29, 1.82) is 0 Å². The van der Waals surface area contributed by atoms with Gasteiger partial charge in [0.05, 0.1) is 5.97 Å². The number of carboxylic acid groups (broad SMARTS) is 1. The average molecular weight is 173 g/mol. The molecule has 1 unspecified atom stereocenters. The van der Waals surface area contributed by atoms with E-state index < -0.39 is 11.2 Å². The first kappa shape index (κ1) is 10.6. The maximum absolute atomic E-state index is 10.4. The Labute approximate surface area is 71.7 Å². The van der Waals surface area contributed by atoms with Crippen molar-refractivity contribution in [3.05, 3.63) is 12.0 Å². The summed E-state index contributed by atoms with van der Waals surface area (Å²) in [7, 11) is 0. The van der Waals surface area contributed by atoms with Gasteiger partial charge in [-0.1, -0.05) is 26.3 Å². The van der Waals surface area contributed by atoms with Crippen molar-refractivity contribution in [2.45, 2.75) is 31.4 Å². The van der Waals surface area contributed by atoms with Crippen molar-refractivity contribution in [2.75, 3.05) is 0 Å². The zero-order valence-corrected chi connectivity index (χ0v) is 7.52. The zero-order chi connectivity index (χ0) is 8.69. The summed E-state index contributed by atoms with van der Waals surface area (Å²) in [6.07, 6.45) is 2.62. The van der Waals surface area contributed by atoms with Crippen LogP contribution in [-0.4, -0.2) is 11.2 Å². The van der Waals surface area contributed by atoms with Gasteiger partial charge in [0.1, 0.15) is 0 Å². The molecule has 0 saturated carbocycles. The summed E-state index contributed by atoms with van der Waals surface area (Å²) in [4.78, 5) is 10.4. The predicted octanol–water partition coefficient (Wildman–Crippen LogP) is 1.17. The number of carboxylic acids is 1. The quantitative estimate of drug-likeness (QED) is 0.605. The van der Waals surface area contributed by atoms with E-state index in [2.05, 4.69) is 6.58 Å². The van der Waals surface area contributed by atoms with E-state index in [9.17, 15) is 9.90 Å². The first-order valence-electron chi connectivity index (χ1n) is 3.69. The fourth-order valence-corrected chi connectivity index (χ4v) is 1.39. The van der Waals surface area contributed by atoms with Gasteiger partial charge < -0.3 is 9.90 Å². The third kappa shape index (κ3) is 4.90. The van der Waals surface area contributed by atoms with Crippen LogP contribution in [-0.2, 0) is 4.79 Å². The molecule has 0 spiro atoms. The summed E-state index contributed by atoms with van der Waals surface area (Å²) >= 11 is 1.23. The van der Waals surface area contributed by atoms with Crippen LogP contribution in [0.1, 0.15) is 26.2 Å². The van der Waals surface area contributed by atoms with Gasteiger partial charge in [0.25, 0.3) is 0 Å². The number of hydrogen-bond acceptors (Lipinski definition) is 3. The highest BCUT2D eigenvalue weighted by Crippen LogP contribution is 2.16. The minimum atomic E-state index is -0.983. The van der Waals surface area contributed by atoms with E-state index >= 15 is 0 Å². The van der Waals surface area contributed by atoms with E-state index in [1.165, 1.54) is 11.8 Å². The van der Waals surface area contributed by atoms with Crippen LogP contribution in [0.3, 0.4) is 0 Å². The average Bonchev–Trinajstić information content (AvgIpc) is 1.97. The van der Waals surface area contributed by atoms with Crippen LogP contribution in [0.4, 0.5) is 0 Å². The highest BCUT2D eigenvalue weighted by molar-refractivity contribution is 8.03. The van der Waals surface area contributed by atoms with Gasteiger partial charge in [0.15, 0.2) is 0 Å². The summed E-state index contributed by atoms with van der Waals surface area (Å²) in [6, 6.07) is 0. The molecule has 11 heavy (non-hydrogen) atoms. The third-order valence-corrected chi connectivity index (χ3v) is 2.29. The predicted molar refractivity (Wildman–Crippen MR) is 46.1 cm³/mol. The minimum Gasteiger partial charge on any atom is -0.549 e.